The van der Waals surface area contributed by atoms with E-state index in [2.05, 4.69) is 0 Å². The van der Waals surface area contributed by atoms with Crippen LogP contribution in [0.2, 0.25) is 0 Å². The normalized spacial score (nSPS) is 16.2. The average Bonchev–Trinajstić information content (AvgIpc) is 2.90. The first-order valence-electron chi connectivity index (χ1n) is 7.68. The number of nitrogens with two attached hydrogens (primary N) is 1. The Labute approximate surface area is 124 Å². The van der Waals surface area contributed by atoms with Gasteiger partial charge >= 0.3 is 0 Å². The molecule has 0 unspecified atom stereocenters. The van der Waals surface area contributed by atoms with Crippen LogP contribution in [-0.2, 0) is 0 Å². The molecule has 1 aliphatic carbocycles. The van der Waals surface area contributed by atoms with Crippen molar-refractivity contribution in [2.75, 3.05) is 19.3 Å². The first kappa shape index (κ1) is 14.0. The minimum atomic E-state index is -0.0460. The molecule has 0 radical (unpaired) electrons. The van der Waals surface area contributed by atoms with Crippen molar-refractivity contribution in [3.05, 3.63) is 30.0 Å². The number of fused-ring (bicyclic) bond motifs is 1. The van der Waals surface area contributed by atoms with E-state index in [4.69, 9.17) is 10.2 Å². The van der Waals surface area contributed by atoms with Crippen LogP contribution in [0, 0.1) is 5.92 Å². The van der Waals surface area contributed by atoms with E-state index >= 15 is 0 Å². The van der Waals surface area contributed by atoms with Crippen molar-refractivity contribution in [1.82, 2.24) is 4.90 Å². The van der Waals surface area contributed by atoms with Crippen LogP contribution in [0.4, 0.5) is 5.69 Å². The molecule has 1 fully saturated rings. The molecule has 1 saturated carbocycles. The highest BCUT2D eigenvalue weighted by molar-refractivity contribution is 5.96. The summed E-state index contributed by atoms with van der Waals surface area (Å²) in [6, 6.07) is 7.20. The number of carbonyl (C=O) groups excluding carboxylic acids is 1. The van der Waals surface area contributed by atoms with E-state index in [1.165, 1.54) is 32.1 Å². The van der Waals surface area contributed by atoms with Crippen LogP contribution in [0.5, 0.6) is 0 Å². The van der Waals surface area contributed by atoms with E-state index < -0.39 is 0 Å². The lowest BCUT2D eigenvalue weighted by Crippen LogP contribution is -2.32. The summed E-state index contributed by atoms with van der Waals surface area (Å²) in [5.74, 6) is 0.983. The van der Waals surface area contributed by atoms with Gasteiger partial charge in [-0.25, -0.2) is 0 Å². The molecule has 1 aliphatic rings. The number of benzene rings is 1. The van der Waals surface area contributed by atoms with Crippen molar-refractivity contribution in [2.24, 2.45) is 5.92 Å². The summed E-state index contributed by atoms with van der Waals surface area (Å²) in [4.78, 5) is 14.3. The lowest BCUT2D eigenvalue weighted by atomic mass is 9.89. The maximum Gasteiger partial charge on any atom is 0.289 e. The van der Waals surface area contributed by atoms with Gasteiger partial charge in [0, 0.05) is 24.7 Å². The maximum atomic E-state index is 12.5. The molecule has 1 aromatic heterocycles. The lowest BCUT2D eigenvalue weighted by molar-refractivity contribution is 0.0731. The fourth-order valence-electron chi connectivity index (χ4n) is 3.20. The van der Waals surface area contributed by atoms with Crippen LogP contribution in [0.25, 0.3) is 11.0 Å². The number of furan rings is 1. The minimum Gasteiger partial charge on any atom is -0.451 e. The second kappa shape index (κ2) is 5.80. The highest BCUT2D eigenvalue weighted by atomic mass is 16.3. The van der Waals surface area contributed by atoms with Gasteiger partial charge in [-0.15, -0.1) is 0 Å². The van der Waals surface area contributed by atoms with Crippen molar-refractivity contribution in [2.45, 2.75) is 32.1 Å². The molecule has 0 spiro atoms. The summed E-state index contributed by atoms with van der Waals surface area (Å²) < 4.78 is 5.65. The average molecular weight is 286 g/mol. The van der Waals surface area contributed by atoms with Gasteiger partial charge in [-0.3, -0.25) is 4.79 Å². The summed E-state index contributed by atoms with van der Waals surface area (Å²) in [6.07, 6.45) is 6.37. The number of amides is 1. The second-order valence-corrected chi connectivity index (χ2v) is 6.10. The Morgan fingerprint density at radius 1 is 1.29 bits per heavy atom. The van der Waals surface area contributed by atoms with Gasteiger partial charge in [0.15, 0.2) is 5.76 Å². The molecule has 4 nitrogen and oxygen atoms in total. The first-order chi connectivity index (χ1) is 10.1. The Morgan fingerprint density at radius 3 is 2.81 bits per heavy atom. The van der Waals surface area contributed by atoms with E-state index in [1.54, 1.807) is 17.0 Å². The highest BCUT2D eigenvalue weighted by Gasteiger charge is 2.21. The molecular weight excluding hydrogens is 264 g/mol. The number of rotatable bonds is 3. The zero-order chi connectivity index (χ0) is 14.8. The van der Waals surface area contributed by atoms with Crippen LogP contribution in [0.15, 0.2) is 28.7 Å². The van der Waals surface area contributed by atoms with Crippen LogP contribution in [0.1, 0.15) is 42.7 Å². The van der Waals surface area contributed by atoms with Crippen LogP contribution < -0.4 is 5.73 Å². The Bertz CT molecular complexity index is 641. The van der Waals surface area contributed by atoms with E-state index in [0.29, 0.717) is 22.9 Å². The Balaban J connectivity index is 1.72. The van der Waals surface area contributed by atoms with Gasteiger partial charge in [0.05, 0.1) is 0 Å². The number of carbonyl (C=O) groups is 1. The van der Waals surface area contributed by atoms with E-state index in [1.807, 2.05) is 19.2 Å². The van der Waals surface area contributed by atoms with Gasteiger partial charge in [-0.1, -0.05) is 19.3 Å². The van der Waals surface area contributed by atoms with Crippen molar-refractivity contribution < 1.29 is 9.21 Å². The zero-order valence-corrected chi connectivity index (χ0v) is 12.5. The van der Waals surface area contributed by atoms with Crippen LogP contribution in [-0.4, -0.2) is 24.4 Å². The molecule has 21 heavy (non-hydrogen) atoms. The van der Waals surface area contributed by atoms with Crippen molar-refractivity contribution in [1.29, 1.82) is 0 Å². The molecule has 2 N–H and O–H groups in total. The molecule has 0 bridgehead atoms. The predicted octanol–water partition coefficient (Wildman–Crippen LogP) is 3.67. The van der Waals surface area contributed by atoms with Crippen molar-refractivity contribution >= 4 is 22.6 Å². The minimum absolute atomic E-state index is 0.0460. The third-order valence-electron chi connectivity index (χ3n) is 4.35. The number of hydrogen-bond donors (Lipinski definition) is 1. The van der Waals surface area contributed by atoms with E-state index in [0.717, 1.165) is 11.9 Å². The van der Waals surface area contributed by atoms with Gasteiger partial charge in [0.25, 0.3) is 5.91 Å². The standard InChI is InChI=1S/C17H22N2O2/c1-19(11-12-5-3-2-4-6-12)17(20)16-10-13-9-14(18)7-8-15(13)21-16/h7-10,12H,2-6,11,18H2,1H3. The topological polar surface area (TPSA) is 59.5 Å². The van der Waals surface area contributed by atoms with Crippen LogP contribution >= 0.6 is 0 Å². The number of hydrogen-bond acceptors (Lipinski definition) is 3. The number of nitrogen functional groups attached to an aromatic ring is 1. The molecular formula is C17H22N2O2. The maximum absolute atomic E-state index is 12.5. The quantitative estimate of drug-likeness (QED) is 0.876. The van der Waals surface area contributed by atoms with E-state index in [9.17, 15) is 4.79 Å². The third-order valence-corrected chi connectivity index (χ3v) is 4.35. The van der Waals surface area contributed by atoms with Gasteiger partial charge in [-0.05, 0) is 43.0 Å². The van der Waals surface area contributed by atoms with Gasteiger partial charge in [0.1, 0.15) is 5.58 Å². The fourth-order valence-corrected chi connectivity index (χ4v) is 3.20. The smallest absolute Gasteiger partial charge is 0.289 e. The van der Waals surface area contributed by atoms with Gasteiger partial charge in [0.2, 0.25) is 0 Å². The summed E-state index contributed by atoms with van der Waals surface area (Å²) in [7, 11) is 1.86. The Morgan fingerprint density at radius 2 is 2.05 bits per heavy atom. The Kier molecular flexibility index (Phi) is 3.86. The number of anilines is 1. The largest absolute Gasteiger partial charge is 0.451 e. The summed E-state index contributed by atoms with van der Waals surface area (Å²) in [5.41, 5.74) is 7.14. The van der Waals surface area contributed by atoms with Gasteiger partial charge < -0.3 is 15.1 Å². The molecule has 1 aromatic carbocycles. The van der Waals surface area contributed by atoms with E-state index in [-0.39, 0.29) is 5.91 Å². The molecule has 1 heterocycles. The van der Waals surface area contributed by atoms with Gasteiger partial charge in [-0.2, -0.15) is 0 Å². The SMILES string of the molecule is CN(CC1CCCCC1)C(=O)c1cc2cc(N)ccc2o1. The van der Waals surface area contributed by atoms with Crippen molar-refractivity contribution in [3.63, 3.8) is 0 Å². The zero-order valence-electron chi connectivity index (χ0n) is 12.5. The summed E-state index contributed by atoms with van der Waals surface area (Å²) in [5, 5.41) is 0.879. The summed E-state index contributed by atoms with van der Waals surface area (Å²) in [6.45, 7) is 0.817. The molecule has 3 rings (SSSR count). The molecule has 4 heteroatoms. The molecule has 0 saturated heterocycles. The van der Waals surface area contributed by atoms with Crippen molar-refractivity contribution in [3.8, 4) is 0 Å². The number of nitrogens with zero attached hydrogens (tertiary/aromatic N) is 1. The molecule has 1 amide bonds. The highest BCUT2D eigenvalue weighted by Crippen LogP contribution is 2.26. The molecule has 0 aliphatic heterocycles. The fraction of sp³-hybridized carbons (Fsp3) is 0.471. The monoisotopic (exact) mass is 286 g/mol. The molecule has 0 atom stereocenters. The Hall–Kier alpha value is -1.97. The van der Waals surface area contributed by atoms with Crippen LogP contribution in [0.3, 0.4) is 0 Å². The molecule has 2 aromatic rings. The lowest BCUT2D eigenvalue weighted by Gasteiger charge is -2.26. The first-order valence-corrected chi connectivity index (χ1v) is 7.68. The second-order valence-electron chi connectivity index (χ2n) is 6.10. The third kappa shape index (κ3) is 3.04. The molecule has 112 valence electrons. The predicted molar refractivity (Wildman–Crippen MR) is 84.2 cm³/mol. The summed E-state index contributed by atoms with van der Waals surface area (Å²) >= 11 is 0.